The molecule has 0 heterocycles. The molecular weight excluding hydrogens is 146 g/mol. The summed E-state index contributed by atoms with van der Waals surface area (Å²) in [4.78, 5) is 18.9. The van der Waals surface area contributed by atoms with Crippen LogP contribution in [0.1, 0.15) is 27.7 Å². The second-order valence-electron chi connectivity index (χ2n) is 3.23. The molecule has 3 N–H and O–H groups in total. The smallest absolute Gasteiger partial charge is 0.371 e. The van der Waals surface area contributed by atoms with Crippen molar-refractivity contribution in [1.82, 2.24) is 0 Å². The van der Waals surface area contributed by atoms with E-state index < -0.39 is 11.8 Å². The summed E-state index contributed by atoms with van der Waals surface area (Å²) in [6, 6.07) is 0. The maximum Gasteiger partial charge on any atom is 0.371 e. The molecule has 0 aliphatic carbocycles. The van der Waals surface area contributed by atoms with Gasteiger partial charge in [0.2, 0.25) is 5.78 Å². The number of carbonyl (C=O) groups is 2. The van der Waals surface area contributed by atoms with Crippen LogP contribution in [-0.2, 0) is 9.59 Å². The van der Waals surface area contributed by atoms with E-state index in [1.54, 1.807) is 0 Å². The molecule has 0 fully saturated rings. The monoisotopic (exact) mass is 161 g/mol. The van der Waals surface area contributed by atoms with Crippen LogP contribution in [-0.4, -0.2) is 22.4 Å². The predicted octanol–water partition coefficient (Wildman–Crippen LogP) is 0.404. The van der Waals surface area contributed by atoms with Crippen LogP contribution in [0.2, 0.25) is 0 Å². The van der Waals surface area contributed by atoms with Gasteiger partial charge in [-0.2, -0.15) is 0 Å². The van der Waals surface area contributed by atoms with Gasteiger partial charge < -0.3 is 10.8 Å². The van der Waals surface area contributed by atoms with Gasteiger partial charge in [0.05, 0.1) is 0 Å². The minimum atomic E-state index is -1.38. The Bertz CT molecular complexity index is 128. The molecule has 0 spiro atoms. The van der Waals surface area contributed by atoms with Gasteiger partial charge in [-0.25, -0.2) is 4.79 Å². The molecule has 0 radical (unpaired) electrons. The number of hydrogen-bond acceptors (Lipinski definition) is 3. The van der Waals surface area contributed by atoms with E-state index in [4.69, 9.17) is 10.8 Å². The number of aliphatic carboxylic acids is 1. The maximum atomic E-state index is 9.54. The van der Waals surface area contributed by atoms with Crippen molar-refractivity contribution in [3.8, 4) is 0 Å². The molecule has 0 aromatic heterocycles. The first-order valence-electron chi connectivity index (χ1n) is 3.17. The van der Waals surface area contributed by atoms with Crippen LogP contribution >= 0.6 is 0 Å². The molecule has 0 aliphatic rings. The largest absolute Gasteiger partial charge is 0.476 e. The minimum Gasteiger partial charge on any atom is -0.476 e. The van der Waals surface area contributed by atoms with E-state index in [0.717, 1.165) is 6.92 Å². The van der Waals surface area contributed by atoms with Crippen molar-refractivity contribution in [3.63, 3.8) is 0 Å². The van der Waals surface area contributed by atoms with Crippen LogP contribution in [0, 0.1) is 0 Å². The van der Waals surface area contributed by atoms with Gasteiger partial charge >= 0.3 is 5.97 Å². The van der Waals surface area contributed by atoms with E-state index in [9.17, 15) is 9.59 Å². The molecule has 0 bridgehead atoms. The molecular formula is C7H15NO3. The Morgan fingerprint density at radius 2 is 1.36 bits per heavy atom. The molecule has 4 nitrogen and oxygen atoms in total. The number of nitrogens with two attached hydrogens (primary N) is 1. The summed E-state index contributed by atoms with van der Waals surface area (Å²) < 4.78 is 0. The number of hydrogen-bond donors (Lipinski definition) is 2. The lowest BCUT2D eigenvalue weighted by Crippen LogP contribution is -2.26. The van der Waals surface area contributed by atoms with Crippen molar-refractivity contribution in [2.75, 3.05) is 0 Å². The van der Waals surface area contributed by atoms with Crippen molar-refractivity contribution < 1.29 is 14.7 Å². The van der Waals surface area contributed by atoms with Crippen molar-refractivity contribution in [2.24, 2.45) is 5.73 Å². The second-order valence-corrected chi connectivity index (χ2v) is 3.23. The highest BCUT2D eigenvalue weighted by atomic mass is 16.4. The summed E-state index contributed by atoms with van der Waals surface area (Å²) in [5.41, 5.74) is 5.35. The molecule has 0 aromatic rings. The Kier molecular flexibility index (Phi) is 5.62. The average Bonchev–Trinajstić information content (AvgIpc) is 1.59. The zero-order valence-corrected chi connectivity index (χ0v) is 7.34. The third-order valence-electron chi connectivity index (χ3n) is 0.301. The van der Waals surface area contributed by atoms with Crippen molar-refractivity contribution in [2.45, 2.75) is 33.2 Å². The molecule has 11 heavy (non-hydrogen) atoms. The first kappa shape index (κ1) is 12.7. The quantitative estimate of drug-likeness (QED) is 0.545. The first-order chi connectivity index (χ1) is 4.64. The highest BCUT2D eigenvalue weighted by Crippen LogP contribution is 1.88. The van der Waals surface area contributed by atoms with Gasteiger partial charge in [0.1, 0.15) is 0 Å². The number of carbonyl (C=O) groups excluding carboxylic acids is 1. The SMILES string of the molecule is CC(=O)C(=O)O.CC(C)(C)N. The number of ketones is 1. The Balaban J connectivity index is 0. The number of carboxylic acids is 1. The fourth-order valence-corrected chi connectivity index (χ4v) is 0. The summed E-state index contributed by atoms with van der Waals surface area (Å²) in [6.45, 7) is 6.90. The number of rotatable bonds is 1. The second kappa shape index (κ2) is 4.85. The van der Waals surface area contributed by atoms with Crippen LogP contribution in [0.15, 0.2) is 0 Å². The van der Waals surface area contributed by atoms with E-state index in [2.05, 4.69) is 0 Å². The van der Waals surface area contributed by atoms with Gasteiger partial charge in [-0.05, 0) is 20.8 Å². The Morgan fingerprint density at radius 1 is 1.27 bits per heavy atom. The average molecular weight is 161 g/mol. The minimum absolute atomic E-state index is 0. The third kappa shape index (κ3) is 47.7. The summed E-state index contributed by atoms with van der Waals surface area (Å²) in [6.07, 6.45) is 0. The fourth-order valence-electron chi connectivity index (χ4n) is 0. The van der Waals surface area contributed by atoms with Crippen LogP contribution in [0.4, 0.5) is 0 Å². The standard InChI is InChI=1S/C4H11N.C3H4O3/c1-4(2,3)5;1-2(4)3(5)6/h5H2,1-3H3;1H3,(H,5,6). The van der Waals surface area contributed by atoms with Gasteiger partial charge in [0.25, 0.3) is 0 Å². The normalized spacial score (nSPS) is 9.55. The molecule has 0 aliphatic heterocycles. The van der Waals surface area contributed by atoms with E-state index in [0.29, 0.717) is 0 Å². The molecule has 0 amide bonds. The van der Waals surface area contributed by atoms with Crippen LogP contribution in [0.5, 0.6) is 0 Å². The molecule has 0 saturated heterocycles. The lowest BCUT2D eigenvalue weighted by molar-refractivity contribution is -0.148. The topological polar surface area (TPSA) is 80.4 Å². The Morgan fingerprint density at radius 3 is 1.36 bits per heavy atom. The van der Waals surface area contributed by atoms with Crippen LogP contribution in [0.25, 0.3) is 0 Å². The van der Waals surface area contributed by atoms with Crippen LogP contribution < -0.4 is 5.73 Å². The van der Waals surface area contributed by atoms with E-state index in [-0.39, 0.29) is 5.54 Å². The molecule has 0 rings (SSSR count). The summed E-state index contributed by atoms with van der Waals surface area (Å²) in [5.74, 6) is -2.20. The molecule has 0 unspecified atom stereocenters. The van der Waals surface area contributed by atoms with Gasteiger partial charge in [0.15, 0.2) is 0 Å². The zero-order valence-electron chi connectivity index (χ0n) is 7.34. The highest BCUT2D eigenvalue weighted by molar-refractivity contribution is 6.31. The molecule has 0 saturated carbocycles. The van der Waals surface area contributed by atoms with E-state index in [1.807, 2.05) is 20.8 Å². The van der Waals surface area contributed by atoms with Gasteiger partial charge in [-0.1, -0.05) is 0 Å². The van der Waals surface area contributed by atoms with Gasteiger partial charge in [-0.15, -0.1) is 0 Å². The number of Topliss-reactive ketones (excluding diaryl/α,β-unsaturated/α-hetero) is 1. The zero-order chi connectivity index (χ0) is 9.65. The van der Waals surface area contributed by atoms with E-state index in [1.165, 1.54) is 0 Å². The highest BCUT2D eigenvalue weighted by Gasteiger charge is 1.99. The van der Waals surface area contributed by atoms with Crippen molar-refractivity contribution >= 4 is 11.8 Å². The molecule has 0 atom stereocenters. The predicted molar refractivity (Wildman–Crippen MR) is 42.3 cm³/mol. The summed E-state index contributed by atoms with van der Waals surface area (Å²) in [7, 11) is 0. The maximum absolute atomic E-state index is 9.54. The summed E-state index contributed by atoms with van der Waals surface area (Å²) >= 11 is 0. The molecule has 66 valence electrons. The Labute approximate surface area is 66.4 Å². The van der Waals surface area contributed by atoms with Crippen LogP contribution in [0.3, 0.4) is 0 Å². The third-order valence-corrected chi connectivity index (χ3v) is 0.301. The molecule has 4 heteroatoms. The lowest BCUT2D eigenvalue weighted by Gasteiger charge is -2.06. The van der Waals surface area contributed by atoms with Crippen molar-refractivity contribution in [3.05, 3.63) is 0 Å². The number of carboxylic acid groups (broad SMARTS) is 1. The van der Waals surface area contributed by atoms with E-state index >= 15 is 0 Å². The van der Waals surface area contributed by atoms with Gasteiger partial charge in [0, 0.05) is 12.5 Å². The molecule has 0 aromatic carbocycles. The van der Waals surface area contributed by atoms with Crippen molar-refractivity contribution in [1.29, 1.82) is 0 Å². The lowest BCUT2D eigenvalue weighted by atomic mass is 10.1. The van der Waals surface area contributed by atoms with Gasteiger partial charge in [-0.3, -0.25) is 4.79 Å². The Hall–Kier alpha value is -0.900. The fraction of sp³-hybridized carbons (Fsp3) is 0.714. The first-order valence-corrected chi connectivity index (χ1v) is 3.17. The summed E-state index contributed by atoms with van der Waals surface area (Å²) in [5, 5.41) is 7.64.